The number of thioether (sulfide) groups is 1. The van der Waals surface area contributed by atoms with Crippen LogP contribution in [0.1, 0.15) is 19.8 Å². The van der Waals surface area contributed by atoms with Gasteiger partial charge in [-0.3, -0.25) is 0 Å². The van der Waals surface area contributed by atoms with Crippen molar-refractivity contribution in [3.05, 3.63) is 0 Å². The minimum absolute atomic E-state index is 0.381. The molecule has 0 bridgehead atoms. The molecule has 1 heterocycles. The molecule has 1 saturated heterocycles. The van der Waals surface area contributed by atoms with E-state index in [1.165, 1.54) is 0 Å². The zero-order chi connectivity index (χ0) is 15.0. The largest absolute Gasteiger partial charge is 0.480 e. The summed E-state index contributed by atoms with van der Waals surface area (Å²) in [7, 11) is 0. The summed E-state index contributed by atoms with van der Waals surface area (Å²) in [6.07, 6.45) is 3.44. The predicted molar refractivity (Wildman–Crippen MR) is 81.2 cm³/mol. The number of likely N-dealkylation sites (tertiary alicyclic amines) is 1. The van der Waals surface area contributed by atoms with Crippen LogP contribution in [0.4, 0.5) is 4.79 Å². The summed E-state index contributed by atoms with van der Waals surface area (Å²) in [5, 5.41) is 14.3. The van der Waals surface area contributed by atoms with E-state index in [1.807, 2.05) is 6.26 Å². The number of rotatable bonds is 8. The number of carbonyl (C=O) groups is 2. The van der Waals surface area contributed by atoms with Crippen LogP contribution in [0.5, 0.6) is 0 Å². The average molecular weight is 303 g/mol. The molecule has 1 rings (SSSR count). The van der Waals surface area contributed by atoms with Crippen LogP contribution in [0.2, 0.25) is 0 Å². The highest BCUT2D eigenvalue weighted by Crippen LogP contribution is 2.14. The maximum atomic E-state index is 11.7. The number of nitrogens with zero attached hydrogens (tertiary/aromatic N) is 1. The number of amides is 2. The monoisotopic (exact) mass is 303 g/mol. The third-order valence-electron chi connectivity index (χ3n) is 3.58. The number of carboxylic acid groups (broad SMARTS) is 1. The fraction of sp³-hybridized carbons (Fsp3) is 0.846. The molecule has 1 fully saturated rings. The van der Waals surface area contributed by atoms with Gasteiger partial charge >= 0.3 is 12.0 Å². The van der Waals surface area contributed by atoms with E-state index in [1.54, 1.807) is 11.8 Å². The SMILES string of the molecule is CCN1CCC(CNC(=O)NC(CCSC)C(=O)O)C1. The molecular weight excluding hydrogens is 278 g/mol. The zero-order valence-corrected chi connectivity index (χ0v) is 13.0. The number of carboxylic acids is 1. The first kappa shape index (κ1) is 17.1. The summed E-state index contributed by atoms with van der Waals surface area (Å²) >= 11 is 1.57. The normalized spacial score (nSPS) is 20.6. The summed E-state index contributed by atoms with van der Waals surface area (Å²) in [4.78, 5) is 25.1. The summed E-state index contributed by atoms with van der Waals surface area (Å²) in [6, 6.07) is -1.19. The maximum Gasteiger partial charge on any atom is 0.326 e. The van der Waals surface area contributed by atoms with E-state index in [9.17, 15) is 9.59 Å². The molecule has 0 radical (unpaired) electrons. The first-order chi connectivity index (χ1) is 9.56. The lowest BCUT2D eigenvalue weighted by Crippen LogP contribution is -2.47. The molecule has 0 aromatic heterocycles. The summed E-state index contributed by atoms with van der Waals surface area (Å²) in [5.74, 6) is 0.202. The lowest BCUT2D eigenvalue weighted by Gasteiger charge is -2.17. The number of aliphatic carboxylic acids is 1. The van der Waals surface area contributed by atoms with Gasteiger partial charge in [-0.05, 0) is 43.9 Å². The molecule has 6 nitrogen and oxygen atoms in total. The molecule has 0 spiro atoms. The van der Waals surface area contributed by atoms with Gasteiger partial charge in [0.15, 0.2) is 0 Å². The Labute approximate surface area is 124 Å². The Morgan fingerprint density at radius 3 is 2.80 bits per heavy atom. The van der Waals surface area contributed by atoms with Gasteiger partial charge in [-0.1, -0.05) is 6.92 Å². The van der Waals surface area contributed by atoms with Crippen molar-refractivity contribution in [3.8, 4) is 0 Å². The molecule has 2 amide bonds. The van der Waals surface area contributed by atoms with Gasteiger partial charge in [0.05, 0.1) is 0 Å². The Hall–Kier alpha value is -0.950. The predicted octanol–water partition coefficient (Wildman–Crippen LogP) is 0.834. The molecule has 7 heteroatoms. The van der Waals surface area contributed by atoms with Crippen LogP contribution in [0.15, 0.2) is 0 Å². The lowest BCUT2D eigenvalue weighted by atomic mass is 10.1. The van der Waals surface area contributed by atoms with Gasteiger partial charge in [0.25, 0.3) is 0 Å². The van der Waals surface area contributed by atoms with Crippen LogP contribution < -0.4 is 10.6 Å². The second-order valence-corrected chi connectivity index (χ2v) is 6.06. The Morgan fingerprint density at radius 1 is 1.50 bits per heavy atom. The van der Waals surface area contributed by atoms with Crippen molar-refractivity contribution in [1.82, 2.24) is 15.5 Å². The second-order valence-electron chi connectivity index (χ2n) is 5.07. The molecule has 1 aliphatic rings. The van der Waals surface area contributed by atoms with Crippen molar-refractivity contribution in [2.45, 2.75) is 25.8 Å². The molecule has 2 unspecified atom stereocenters. The lowest BCUT2D eigenvalue weighted by molar-refractivity contribution is -0.139. The van der Waals surface area contributed by atoms with Crippen LogP contribution in [0.25, 0.3) is 0 Å². The van der Waals surface area contributed by atoms with Gasteiger partial charge in [-0.15, -0.1) is 0 Å². The molecule has 0 saturated carbocycles. The van der Waals surface area contributed by atoms with Crippen molar-refractivity contribution in [1.29, 1.82) is 0 Å². The van der Waals surface area contributed by atoms with Crippen LogP contribution >= 0.6 is 11.8 Å². The maximum absolute atomic E-state index is 11.7. The standard InChI is InChI=1S/C13H25N3O3S/c1-3-16-6-4-10(9-16)8-14-13(19)15-11(12(17)18)5-7-20-2/h10-11H,3-9H2,1-2H3,(H,17,18)(H2,14,15,19). The Bertz CT molecular complexity index is 328. The quantitative estimate of drug-likeness (QED) is 0.619. The first-order valence-corrected chi connectivity index (χ1v) is 8.44. The Morgan fingerprint density at radius 2 is 2.25 bits per heavy atom. The minimum atomic E-state index is -0.979. The summed E-state index contributed by atoms with van der Waals surface area (Å²) in [6.45, 7) is 5.86. The topological polar surface area (TPSA) is 81.7 Å². The molecule has 1 aliphatic heterocycles. The Balaban J connectivity index is 2.26. The fourth-order valence-electron chi connectivity index (χ4n) is 2.31. The van der Waals surface area contributed by atoms with Gasteiger partial charge < -0.3 is 20.6 Å². The molecule has 20 heavy (non-hydrogen) atoms. The third-order valence-corrected chi connectivity index (χ3v) is 4.23. The number of hydrogen-bond donors (Lipinski definition) is 3. The van der Waals surface area contributed by atoms with Crippen molar-refractivity contribution in [3.63, 3.8) is 0 Å². The van der Waals surface area contributed by atoms with E-state index in [-0.39, 0.29) is 6.03 Å². The van der Waals surface area contributed by atoms with Gasteiger partial charge in [0.2, 0.25) is 0 Å². The molecular formula is C13H25N3O3S. The van der Waals surface area contributed by atoms with Crippen LogP contribution in [-0.4, -0.2) is 66.2 Å². The summed E-state index contributed by atoms with van der Waals surface area (Å²) < 4.78 is 0. The van der Waals surface area contributed by atoms with E-state index in [0.717, 1.165) is 26.1 Å². The molecule has 0 aromatic rings. The van der Waals surface area contributed by atoms with E-state index in [0.29, 0.717) is 24.6 Å². The van der Waals surface area contributed by atoms with E-state index >= 15 is 0 Å². The molecule has 116 valence electrons. The van der Waals surface area contributed by atoms with Gasteiger partial charge in [-0.2, -0.15) is 11.8 Å². The molecule has 2 atom stereocenters. The van der Waals surface area contributed by atoms with Gasteiger partial charge in [-0.25, -0.2) is 9.59 Å². The number of nitrogens with one attached hydrogen (secondary N) is 2. The van der Waals surface area contributed by atoms with Gasteiger partial charge in [0.1, 0.15) is 6.04 Å². The van der Waals surface area contributed by atoms with E-state index in [2.05, 4.69) is 22.5 Å². The van der Waals surface area contributed by atoms with E-state index < -0.39 is 12.0 Å². The zero-order valence-electron chi connectivity index (χ0n) is 12.2. The third kappa shape index (κ3) is 6.00. The van der Waals surface area contributed by atoms with Crippen LogP contribution in [0.3, 0.4) is 0 Å². The van der Waals surface area contributed by atoms with Crippen molar-refractivity contribution >= 4 is 23.8 Å². The number of carbonyl (C=O) groups excluding carboxylic acids is 1. The molecule has 3 N–H and O–H groups in total. The highest BCUT2D eigenvalue weighted by molar-refractivity contribution is 7.98. The minimum Gasteiger partial charge on any atom is -0.480 e. The van der Waals surface area contributed by atoms with Gasteiger partial charge in [0, 0.05) is 13.1 Å². The second kappa shape index (κ2) is 9.07. The Kier molecular flexibility index (Phi) is 7.76. The van der Waals surface area contributed by atoms with Crippen LogP contribution in [-0.2, 0) is 4.79 Å². The first-order valence-electron chi connectivity index (χ1n) is 7.05. The van der Waals surface area contributed by atoms with Crippen molar-refractivity contribution < 1.29 is 14.7 Å². The van der Waals surface area contributed by atoms with Crippen molar-refractivity contribution in [2.75, 3.05) is 38.2 Å². The smallest absolute Gasteiger partial charge is 0.326 e. The summed E-state index contributed by atoms with van der Waals surface area (Å²) in [5.41, 5.74) is 0. The molecule has 0 aromatic carbocycles. The van der Waals surface area contributed by atoms with Crippen molar-refractivity contribution in [2.24, 2.45) is 5.92 Å². The van der Waals surface area contributed by atoms with E-state index in [4.69, 9.17) is 5.11 Å². The highest BCUT2D eigenvalue weighted by Gasteiger charge is 2.23. The van der Waals surface area contributed by atoms with Crippen LogP contribution in [0, 0.1) is 5.92 Å². The number of urea groups is 1. The molecule has 0 aliphatic carbocycles. The fourth-order valence-corrected chi connectivity index (χ4v) is 2.78. The number of hydrogen-bond acceptors (Lipinski definition) is 4. The average Bonchev–Trinajstić information content (AvgIpc) is 2.88. The highest BCUT2D eigenvalue weighted by atomic mass is 32.2.